The molecule has 0 spiro atoms. The summed E-state index contributed by atoms with van der Waals surface area (Å²) in [4.78, 5) is 4.36. The Morgan fingerprint density at radius 3 is 2.89 bits per heavy atom. The Morgan fingerprint density at radius 2 is 2.28 bits per heavy atom. The van der Waals surface area contributed by atoms with Crippen molar-refractivity contribution in [3.63, 3.8) is 0 Å². The van der Waals surface area contributed by atoms with E-state index in [1.165, 1.54) is 5.56 Å². The number of hydrogen-bond acceptors (Lipinski definition) is 3. The zero-order chi connectivity index (χ0) is 13.0. The summed E-state index contributed by atoms with van der Waals surface area (Å²) in [7, 11) is 0. The molecule has 0 amide bonds. The number of halogens is 1. The molecule has 2 aromatic rings. The van der Waals surface area contributed by atoms with Crippen LogP contribution in [0.2, 0.25) is 5.02 Å². The smallest absolute Gasteiger partial charge is 0.109 e. The van der Waals surface area contributed by atoms with Crippen LogP contribution < -0.4 is 5.32 Å². The minimum Gasteiger partial charge on any atom is -0.304 e. The van der Waals surface area contributed by atoms with Crippen LogP contribution in [0.5, 0.6) is 0 Å². The third-order valence-electron chi connectivity index (χ3n) is 2.91. The summed E-state index contributed by atoms with van der Waals surface area (Å²) in [5, 5.41) is 7.49. The summed E-state index contributed by atoms with van der Waals surface area (Å²) in [6, 6.07) is 6.48. The van der Waals surface area contributed by atoms with Crippen molar-refractivity contribution in [1.82, 2.24) is 10.3 Å². The van der Waals surface area contributed by atoms with Crippen LogP contribution >= 0.6 is 22.9 Å². The molecule has 0 fully saturated rings. The Morgan fingerprint density at radius 1 is 1.44 bits per heavy atom. The van der Waals surface area contributed by atoms with E-state index < -0.39 is 0 Å². The van der Waals surface area contributed by atoms with E-state index in [1.54, 1.807) is 11.3 Å². The van der Waals surface area contributed by atoms with Crippen LogP contribution in [0.3, 0.4) is 0 Å². The van der Waals surface area contributed by atoms with Gasteiger partial charge in [0.2, 0.25) is 0 Å². The van der Waals surface area contributed by atoms with Crippen LogP contribution in [0.15, 0.2) is 29.8 Å². The molecule has 2 rings (SSSR count). The Labute approximate surface area is 117 Å². The average Bonchev–Trinajstić information content (AvgIpc) is 2.86. The molecule has 0 radical (unpaired) electrons. The van der Waals surface area contributed by atoms with Crippen molar-refractivity contribution in [3.8, 4) is 0 Å². The number of thiazole rings is 1. The van der Waals surface area contributed by atoms with Crippen molar-refractivity contribution in [2.45, 2.75) is 32.9 Å². The predicted molar refractivity (Wildman–Crippen MR) is 78.2 cm³/mol. The van der Waals surface area contributed by atoms with Crippen molar-refractivity contribution < 1.29 is 0 Å². The van der Waals surface area contributed by atoms with Crippen LogP contribution in [0.4, 0.5) is 0 Å². The van der Waals surface area contributed by atoms with E-state index in [-0.39, 0.29) is 0 Å². The van der Waals surface area contributed by atoms with Crippen molar-refractivity contribution in [3.05, 3.63) is 50.9 Å². The molecule has 0 aliphatic rings. The second kappa shape index (κ2) is 6.32. The molecular weight excluding hydrogens is 264 g/mol. The zero-order valence-electron chi connectivity index (χ0n) is 10.6. The Bertz CT molecular complexity index is 497. The van der Waals surface area contributed by atoms with Gasteiger partial charge in [0, 0.05) is 23.1 Å². The topological polar surface area (TPSA) is 24.9 Å². The highest BCUT2D eigenvalue weighted by Gasteiger charge is 2.11. The van der Waals surface area contributed by atoms with Crippen LogP contribution in [0, 0.1) is 6.92 Å². The number of benzene rings is 1. The summed E-state index contributed by atoms with van der Waals surface area (Å²) in [6.07, 6.45) is 2.88. The second-order valence-corrected chi connectivity index (χ2v) is 5.64. The number of nitrogens with zero attached hydrogens (tertiary/aromatic N) is 1. The van der Waals surface area contributed by atoms with Gasteiger partial charge in [-0.3, -0.25) is 0 Å². The fourth-order valence-corrected chi connectivity index (χ4v) is 2.94. The molecule has 1 N–H and O–H groups in total. The average molecular weight is 281 g/mol. The van der Waals surface area contributed by atoms with Gasteiger partial charge in [-0.15, -0.1) is 11.3 Å². The van der Waals surface area contributed by atoms with Gasteiger partial charge in [0.1, 0.15) is 5.01 Å². The lowest BCUT2D eigenvalue weighted by Gasteiger charge is -2.15. The molecular formula is C14H17ClN2S. The number of nitrogens with one attached hydrogen (secondary N) is 1. The maximum absolute atomic E-state index is 6.23. The van der Waals surface area contributed by atoms with Gasteiger partial charge in [-0.05, 0) is 30.5 Å². The highest BCUT2D eigenvalue weighted by atomic mass is 35.5. The predicted octanol–water partition coefficient (Wildman–Crippen LogP) is 4.35. The van der Waals surface area contributed by atoms with Crippen LogP contribution in [-0.4, -0.2) is 4.98 Å². The molecule has 0 bridgehead atoms. The largest absolute Gasteiger partial charge is 0.304 e. The van der Waals surface area contributed by atoms with Gasteiger partial charge in [0.15, 0.2) is 0 Å². The van der Waals surface area contributed by atoms with E-state index in [1.807, 2.05) is 24.6 Å². The van der Waals surface area contributed by atoms with Gasteiger partial charge in [0.25, 0.3) is 0 Å². The number of rotatable bonds is 5. The molecule has 2 nitrogen and oxygen atoms in total. The lowest BCUT2D eigenvalue weighted by Crippen LogP contribution is -2.20. The van der Waals surface area contributed by atoms with Crippen molar-refractivity contribution in [2.24, 2.45) is 0 Å². The van der Waals surface area contributed by atoms with E-state index in [0.29, 0.717) is 6.04 Å². The third kappa shape index (κ3) is 3.31. The standard InChI is InChI=1S/C14H17ClN2S/c1-3-13(14-16-6-7-18-14)17-9-11-5-4-10(2)8-12(11)15/h4-8,13,17H,3,9H2,1-2H3. The summed E-state index contributed by atoms with van der Waals surface area (Å²) in [6.45, 7) is 4.99. The van der Waals surface area contributed by atoms with Crippen molar-refractivity contribution in [1.29, 1.82) is 0 Å². The van der Waals surface area contributed by atoms with E-state index >= 15 is 0 Å². The maximum Gasteiger partial charge on any atom is 0.109 e. The molecule has 1 atom stereocenters. The number of aryl methyl sites for hydroxylation is 1. The number of aromatic nitrogens is 1. The monoisotopic (exact) mass is 280 g/mol. The van der Waals surface area contributed by atoms with Gasteiger partial charge in [-0.25, -0.2) is 4.98 Å². The summed E-state index contributed by atoms with van der Waals surface area (Å²) in [5.74, 6) is 0. The van der Waals surface area contributed by atoms with Crippen LogP contribution in [0.1, 0.15) is 35.5 Å². The SMILES string of the molecule is CCC(NCc1ccc(C)cc1Cl)c1nccs1. The molecule has 1 aromatic carbocycles. The summed E-state index contributed by atoms with van der Waals surface area (Å²) < 4.78 is 0. The first-order valence-electron chi connectivity index (χ1n) is 6.08. The fraction of sp³-hybridized carbons (Fsp3) is 0.357. The lowest BCUT2D eigenvalue weighted by molar-refractivity contribution is 0.516. The zero-order valence-corrected chi connectivity index (χ0v) is 12.2. The first-order chi connectivity index (χ1) is 8.70. The molecule has 1 unspecified atom stereocenters. The van der Waals surface area contributed by atoms with Gasteiger partial charge >= 0.3 is 0 Å². The Balaban J connectivity index is 2.02. The first-order valence-corrected chi connectivity index (χ1v) is 7.34. The van der Waals surface area contributed by atoms with E-state index in [9.17, 15) is 0 Å². The molecule has 1 aromatic heterocycles. The third-order valence-corrected chi connectivity index (χ3v) is 4.15. The minimum absolute atomic E-state index is 0.308. The highest BCUT2D eigenvalue weighted by molar-refractivity contribution is 7.09. The van der Waals surface area contributed by atoms with E-state index in [4.69, 9.17) is 11.6 Å². The Hall–Kier alpha value is -0.900. The number of hydrogen-bond donors (Lipinski definition) is 1. The normalized spacial score (nSPS) is 12.6. The minimum atomic E-state index is 0.308. The van der Waals surface area contributed by atoms with E-state index in [0.717, 1.165) is 28.6 Å². The van der Waals surface area contributed by atoms with Crippen molar-refractivity contribution >= 4 is 22.9 Å². The summed E-state index contributed by atoms with van der Waals surface area (Å²) in [5.41, 5.74) is 2.33. The first kappa shape index (κ1) is 13.5. The van der Waals surface area contributed by atoms with Gasteiger partial charge in [-0.1, -0.05) is 30.7 Å². The lowest BCUT2D eigenvalue weighted by atomic mass is 10.1. The van der Waals surface area contributed by atoms with Crippen LogP contribution in [-0.2, 0) is 6.54 Å². The Kier molecular flexibility index (Phi) is 4.75. The maximum atomic E-state index is 6.23. The molecule has 0 saturated carbocycles. The molecule has 18 heavy (non-hydrogen) atoms. The van der Waals surface area contributed by atoms with Crippen LogP contribution in [0.25, 0.3) is 0 Å². The molecule has 4 heteroatoms. The fourth-order valence-electron chi connectivity index (χ4n) is 1.84. The molecule has 1 heterocycles. The molecule has 0 aliphatic carbocycles. The van der Waals surface area contributed by atoms with Gasteiger partial charge < -0.3 is 5.32 Å². The highest BCUT2D eigenvalue weighted by Crippen LogP contribution is 2.22. The van der Waals surface area contributed by atoms with Gasteiger partial charge in [0.05, 0.1) is 6.04 Å². The van der Waals surface area contributed by atoms with E-state index in [2.05, 4.69) is 29.4 Å². The molecule has 0 saturated heterocycles. The van der Waals surface area contributed by atoms with Gasteiger partial charge in [-0.2, -0.15) is 0 Å². The quantitative estimate of drug-likeness (QED) is 0.881. The molecule has 0 aliphatic heterocycles. The molecule has 96 valence electrons. The van der Waals surface area contributed by atoms with Crippen molar-refractivity contribution in [2.75, 3.05) is 0 Å². The summed E-state index contributed by atoms with van der Waals surface area (Å²) >= 11 is 7.92. The second-order valence-electron chi connectivity index (χ2n) is 4.31.